The van der Waals surface area contributed by atoms with Gasteiger partial charge in [0.2, 0.25) is 0 Å². The fraction of sp³-hybridized carbons (Fsp3) is 0.625. The zero-order valence-electron chi connectivity index (χ0n) is 11.4. The molecular formula is C16H24N2. The monoisotopic (exact) mass is 244 g/mol. The van der Waals surface area contributed by atoms with Crippen molar-refractivity contribution in [3.8, 4) is 0 Å². The summed E-state index contributed by atoms with van der Waals surface area (Å²) in [4.78, 5) is 2.67. The molecule has 2 unspecified atom stereocenters. The van der Waals surface area contributed by atoms with Crippen LogP contribution in [0.5, 0.6) is 0 Å². The van der Waals surface area contributed by atoms with Crippen LogP contribution < -0.4 is 5.32 Å². The molecule has 1 heterocycles. The van der Waals surface area contributed by atoms with Crippen molar-refractivity contribution < 1.29 is 0 Å². The SMILES string of the molecule is CC1CNCCN1CC1CCCc2ccccc21. The van der Waals surface area contributed by atoms with Gasteiger partial charge in [0.15, 0.2) is 0 Å². The van der Waals surface area contributed by atoms with Gasteiger partial charge in [-0.3, -0.25) is 4.90 Å². The molecule has 0 spiro atoms. The van der Waals surface area contributed by atoms with Crippen LogP contribution in [0.4, 0.5) is 0 Å². The number of rotatable bonds is 2. The maximum absolute atomic E-state index is 3.48. The van der Waals surface area contributed by atoms with E-state index < -0.39 is 0 Å². The van der Waals surface area contributed by atoms with Gasteiger partial charge in [-0.15, -0.1) is 0 Å². The van der Waals surface area contributed by atoms with E-state index in [-0.39, 0.29) is 0 Å². The Kier molecular flexibility index (Phi) is 3.67. The van der Waals surface area contributed by atoms with Gasteiger partial charge in [-0.05, 0) is 43.2 Å². The summed E-state index contributed by atoms with van der Waals surface area (Å²) in [5, 5.41) is 3.48. The lowest BCUT2D eigenvalue weighted by Gasteiger charge is -2.38. The minimum atomic E-state index is 0.688. The number of nitrogens with one attached hydrogen (secondary N) is 1. The van der Waals surface area contributed by atoms with Crippen LogP contribution in [0, 0.1) is 0 Å². The van der Waals surface area contributed by atoms with E-state index in [1.54, 1.807) is 11.1 Å². The van der Waals surface area contributed by atoms with Crippen molar-refractivity contribution in [3.05, 3.63) is 35.4 Å². The maximum Gasteiger partial charge on any atom is 0.0193 e. The van der Waals surface area contributed by atoms with Gasteiger partial charge in [0, 0.05) is 32.2 Å². The second-order valence-electron chi connectivity index (χ2n) is 5.84. The van der Waals surface area contributed by atoms with Gasteiger partial charge in [-0.25, -0.2) is 0 Å². The molecule has 0 radical (unpaired) electrons. The van der Waals surface area contributed by atoms with E-state index in [2.05, 4.69) is 41.4 Å². The number of benzene rings is 1. The Hall–Kier alpha value is -0.860. The summed E-state index contributed by atoms with van der Waals surface area (Å²) in [7, 11) is 0. The second-order valence-corrected chi connectivity index (χ2v) is 5.84. The van der Waals surface area contributed by atoms with E-state index in [1.165, 1.54) is 32.4 Å². The fourth-order valence-electron chi connectivity index (χ4n) is 3.48. The zero-order chi connectivity index (χ0) is 12.4. The van der Waals surface area contributed by atoms with Crippen LogP contribution in [0.1, 0.15) is 36.8 Å². The van der Waals surface area contributed by atoms with Crippen molar-refractivity contribution >= 4 is 0 Å². The zero-order valence-corrected chi connectivity index (χ0v) is 11.4. The van der Waals surface area contributed by atoms with E-state index >= 15 is 0 Å². The van der Waals surface area contributed by atoms with E-state index in [4.69, 9.17) is 0 Å². The first-order valence-electron chi connectivity index (χ1n) is 7.37. The number of nitrogens with zero attached hydrogens (tertiary/aromatic N) is 1. The Bertz CT molecular complexity index is 402. The minimum absolute atomic E-state index is 0.688. The fourth-order valence-corrected chi connectivity index (χ4v) is 3.48. The van der Waals surface area contributed by atoms with Gasteiger partial charge in [0.25, 0.3) is 0 Å². The molecule has 2 heteroatoms. The number of piperazine rings is 1. The predicted octanol–water partition coefficient (Wildman–Crippen LogP) is 2.40. The Balaban J connectivity index is 1.73. The molecule has 98 valence electrons. The molecular weight excluding hydrogens is 220 g/mol. The molecule has 1 aromatic rings. The molecule has 2 atom stereocenters. The van der Waals surface area contributed by atoms with Crippen LogP contribution in [-0.2, 0) is 6.42 Å². The van der Waals surface area contributed by atoms with Gasteiger partial charge in [-0.2, -0.15) is 0 Å². The Morgan fingerprint density at radius 3 is 3.11 bits per heavy atom. The van der Waals surface area contributed by atoms with Crippen LogP contribution in [0.15, 0.2) is 24.3 Å². The number of hydrogen-bond donors (Lipinski definition) is 1. The predicted molar refractivity (Wildman–Crippen MR) is 76.0 cm³/mol. The molecule has 2 nitrogen and oxygen atoms in total. The van der Waals surface area contributed by atoms with Crippen molar-refractivity contribution in [1.29, 1.82) is 0 Å². The number of fused-ring (bicyclic) bond motifs is 1. The second kappa shape index (κ2) is 5.41. The van der Waals surface area contributed by atoms with E-state index in [1.807, 2.05) is 0 Å². The standard InChI is InChI=1S/C16H24N2/c1-13-11-17-9-10-18(13)12-15-7-4-6-14-5-2-3-8-16(14)15/h2-3,5,8,13,15,17H,4,6-7,9-12H2,1H3. The molecule has 1 aromatic carbocycles. The van der Waals surface area contributed by atoms with Crippen LogP contribution in [0.25, 0.3) is 0 Å². The third-order valence-corrected chi connectivity index (χ3v) is 4.59. The van der Waals surface area contributed by atoms with Gasteiger partial charge in [-0.1, -0.05) is 24.3 Å². The van der Waals surface area contributed by atoms with E-state index in [0.29, 0.717) is 6.04 Å². The number of aryl methyl sites for hydroxylation is 1. The van der Waals surface area contributed by atoms with Crippen molar-refractivity contribution in [2.75, 3.05) is 26.2 Å². The first kappa shape index (κ1) is 12.2. The lowest BCUT2D eigenvalue weighted by molar-refractivity contribution is 0.159. The topological polar surface area (TPSA) is 15.3 Å². The van der Waals surface area contributed by atoms with Gasteiger partial charge in [0.1, 0.15) is 0 Å². The molecule has 0 bridgehead atoms. The maximum atomic E-state index is 3.48. The van der Waals surface area contributed by atoms with Crippen LogP contribution in [0.3, 0.4) is 0 Å². The first-order chi connectivity index (χ1) is 8.84. The van der Waals surface area contributed by atoms with Crippen molar-refractivity contribution in [2.24, 2.45) is 0 Å². The number of hydrogen-bond acceptors (Lipinski definition) is 2. The highest BCUT2D eigenvalue weighted by molar-refractivity contribution is 5.32. The quantitative estimate of drug-likeness (QED) is 0.859. The Labute approximate surface area is 110 Å². The third-order valence-electron chi connectivity index (χ3n) is 4.59. The van der Waals surface area contributed by atoms with E-state index in [0.717, 1.165) is 19.0 Å². The summed E-state index contributed by atoms with van der Waals surface area (Å²) in [5.74, 6) is 0.760. The Morgan fingerprint density at radius 2 is 2.22 bits per heavy atom. The lowest BCUT2D eigenvalue weighted by Crippen LogP contribution is -2.51. The highest BCUT2D eigenvalue weighted by Gasteiger charge is 2.25. The van der Waals surface area contributed by atoms with Crippen molar-refractivity contribution in [2.45, 2.75) is 38.1 Å². The average molecular weight is 244 g/mol. The molecule has 1 fully saturated rings. The molecule has 2 aliphatic rings. The molecule has 1 aliphatic heterocycles. The first-order valence-corrected chi connectivity index (χ1v) is 7.37. The van der Waals surface area contributed by atoms with Crippen LogP contribution >= 0.6 is 0 Å². The molecule has 0 saturated carbocycles. The summed E-state index contributed by atoms with van der Waals surface area (Å²) in [6.45, 7) is 7.10. The summed E-state index contributed by atoms with van der Waals surface area (Å²) < 4.78 is 0. The van der Waals surface area contributed by atoms with Gasteiger partial charge in [0.05, 0.1) is 0 Å². The smallest absolute Gasteiger partial charge is 0.0193 e. The summed E-state index contributed by atoms with van der Waals surface area (Å²) >= 11 is 0. The lowest BCUT2D eigenvalue weighted by atomic mass is 9.82. The van der Waals surface area contributed by atoms with E-state index in [9.17, 15) is 0 Å². The molecule has 0 amide bonds. The average Bonchev–Trinajstić information content (AvgIpc) is 2.42. The molecule has 0 aromatic heterocycles. The molecule has 18 heavy (non-hydrogen) atoms. The molecule has 3 rings (SSSR count). The highest BCUT2D eigenvalue weighted by atomic mass is 15.2. The molecule has 1 saturated heterocycles. The largest absolute Gasteiger partial charge is 0.314 e. The van der Waals surface area contributed by atoms with Gasteiger partial charge >= 0.3 is 0 Å². The molecule has 1 N–H and O–H groups in total. The summed E-state index contributed by atoms with van der Waals surface area (Å²) in [6, 6.07) is 9.76. The minimum Gasteiger partial charge on any atom is -0.314 e. The highest BCUT2D eigenvalue weighted by Crippen LogP contribution is 2.32. The Morgan fingerprint density at radius 1 is 1.33 bits per heavy atom. The van der Waals surface area contributed by atoms with Crippen molar-refractivity contribution in [3.63, 3.8) is 0 Å². The van der Waals surface area contributed by atoms with Crippen LogP contribution in [0.2, 0.25) is 0 Å². The summed E-state index contributed by atoms with van der Waals surface area (Å²) in [5.41, 5.74) is 3.21. The third kappa shape index (κ3) is 2.45. The van der Waals surface area contributed by atoms with Gasteiger partial charge < -0.3 is 5.32 Å². The molecule has 1 aliphatic carbocycles. The van der Waals surface area contributed by atoms with Crippen molar-refractivity contribution in [1.82, 2.24) is 10.2 Å². The normalized spacial score (nSPS) is 28.9. The summed E-state index contributed by atoms with van der Waals surface area (Å²) in [6.07, 6.45) is 4.01. The van der Waals surface area contributed by atoms with Crippen LogP contribution in [-0.4, -0.2) is 37.1 Å².